The number of rotatable bonds is 4. The van der Waals surface area contributed by atoms with E-state index in [-0.39, 0.29) is 5.75 Å². The summed E-state index contributed by atoms with van der Waals surface area (Å²) in [6, 6.07) is 8.29. The molecule has 6 heteroatoms. The molecule has 18 heavy (non-hydrogen) atoms. The van der Waals surface area contributed by atoms with Gasteiger partial charge in [-0.2, -0.15) is 0 Å². The molecule has 1 aromatic heterocycles. The van der Waals surface area contributed by atoms with E-state index in [1.165, 1.54) is 18.4 Å². The second kappa shape index (κ2) is 4.99. The molecule has 0 aliphatic heterocycles. The topological polar surface area (TPSA) is 69.4 Å². The molecule has 0 saturated carbocycles. The smallest absolute Gasteiger partial charge is 0.192 e. The summed E-state index contributed by atoms with van der Waals surface area (Å²) in [6.45, 7) is 0. The zero-order chi connectivity index (χ0) is 13.2. The van der Waals surface area contributed by atoms with Crippen molar-refractivity contribution >= 4 is 26.9 Å². The molecule has 2 aromatic rings. The van der Waals surface area contributed by atoms with Gasteiger partial charge in [0.25, 0.3) is 0 Å². The number of nitrogen functional groups attached to an aromatic ring is 1. The van der Waals surface area contributed by atoms with Gasteiger partial charge in [-0.3, -0.25) is 0 Å². The molecule has 0 bridgehead atoms. The highest BCUT2D eigenvalue weighted by atomic mass is 32.2. The molecular weight excluding hydrogens is 270 g/mol. The van der Waals surface area contributed by atoms with Crippen molar-refractivity contribution < 1.29 is 13.2 Å². The van der Waals surface area contributed by atoms with Crippen molar-refractivity contribution in [3.63, 3.8) is 0 Å². The number of nitrogens with two attached hydrogens (primary N) is 1. The van der Waals surface area contributed by atoms with Gasteiger partial charge in [0.1, 0.15) is 9.96 Å². The minimum absolute atomic E-state index is 0.0863. The maximum absolute atomic E-state index is 12.1. The Morgan fingerprint density at radius 3 is 2.72 bits per heavy atom. The second-order valence-electron chi connectivity index (χ2n) is 3.76. The van der Waals surface area contributed by atoms with Crippen LogP contribution in [0.5, 0.6) is 5.75 Å². The van der Waals surface area contributed by atoms with E-state index in [0.717, 1.165) is 0 Å². The third-order valence-corrected chi connectivity index (χ3v) is 5.61. The van der Waals surface area contributed by atoms with Crippen LogP contribution in [0.2, 0.25) is 0 Å². The summed E-state index contributed by atoms with van der Waals surface area (Å²) in [4.78, 5) is 0. The van der Waals surface area contributed by atoms with Crippen molar-refractivity contribution in [2.45, 2.75) is 9.96 Å². The quantitative estimate of drug-likeness (QED) is 0.874. The van der Waals surface area contributed by atoms with Crippen LogP contribution in [-0.2, 0) is 15.6 Å². The van der Waals surface area contributed by atoms with Crippen molar-refractivity contribution in [3.8, 4) is 5.75 Å². The Labute approximate surface area is 110 Å². The van der Waals surface area contributed by atoms with Gasteiger partial charge in [-0.15, -0.1) is 11.3 Å². The molecule has 0 radical (unpaired) electrons. The molecule has 0 aliphatic carbocycles. The van der Waals surface area contributed by atoms with Crippen molar-refractivity contribution in [1.29, 1.82) is 0 Å². The summed E-state index contributed by atoms with van der Waals surface area (Å²) in [5.41, 5.74) is 6.79. The van der Waals surface area contributed by atoms with Gasteiger partial charge in [-0.05, 0) is 17.5 Å². The Kier molecular flexibility index (Phi) is 3.58. The van der Waals surface area contributed by atoms with Gasteiger partial charge in [0, 0.05) is 17.3 Å². The van der Waals surface area contributed by atoms with Gasteiger partial charge >= 0.3 is 0 Å². The number of methoxy groups -OCH3 is 1. The predicted molar refractivity (Wildman–Crippen MR) is 72.6 cm³/mol. The van der Waals surface area contributed by atoms with Gasteiger partial charge in [0.05, 0.1) is 12.9 Å². The van der Waals surface area contributed by atoms with E-state index < -0.39 is 9.84 Å². The molecule has 0 atom stereocenters. The monoisotopic (exact) mass is 283 g/mol. The molecule has 0 unspecified atom stereocenters. The first kappa shape index (κ1) is 12.9. The molecular formula is C12H13NO3S2. The summed E-state index contributed by atoms with van der Waals surface area (Å²) >= 11 is 1.21. The van der Waals surface area contributed by atoms with Crippen molar-refractivity contribution in [3.05, 3.63) is 41.3 Å². The van der Waals surface area contributed by atoms with E-state index in [2.05, 4.69) is 0 Å². The predicted octanol–water partition coefficient (Wildman–Crippen LogP) is 2.31. The summed E-state index contributed by atoms with van der Waals surface area (Å²) in [7, 11) is -1.82. The molecule has 1 aromatic carbocycles. The lowest BCUT2D eigenvalue weighted by atomic mass is 10.2. The highest BCUT2D eigenvalue weighted by Gasteiger charge is 2.18. The molecule has 2 rings (SSSR count). The van der Waals surface area contributed by atoms with Crippen LogP contribution in [0.4, 0.5) is 5.69 Å². The summed E-state index contributed by atoms with van der Waals surface area (Å²) in [5, 5.41) is 1.74. The van der Waals surface area contributed by atoms with E-state index in [4.69, 9.17) is 10.5 Å². The lowest BCUT2D eigenvalue weighted by Gasteiger charge is -2.09. The Bertz CT molecular complexity index is 633. The first-order valence-electron chi connectivity index (χ1n) is 5.21. The molecule has 4 nitrogen and oxygen atoms in total. The standard InChI is InChI=1S/C12H13NO3S2/c1-16-11-7-10(13)5-4-9(11)8-18(14,15)12-3-2-6-17-12/h2-7H,8,13H2,1H3. The lowest BCUT2D eigenvalue weighted by Crippen LogP contribution is -2.05. The van der Waals surface area contributed by atoms with Crippen LogP contribution in [0, 0.1) is 0 Å². The molecule has 2 N–H and O–H groups in total. The minimum atomic E-state index is -3.32. The molecule has 0 spiro atoms. The van der Waals surface area contributed by atoms with E-state index in [1.54, 1.807) is 35.7 Å². The van der Waals surface area contributed by atoms with Gasteiger partial charge in [-0.1, -0.05) is 12.1 Å². The van der Waals surface area contributed by atoms with Crippen molar-refractivity contribution in [2.75, 3.05) is 12.8 Å². The zero-order valence-corrected chi connectivity index (χ0v) is 11.4. The van der Waals surface area contributed by atoms with Crippen molar-refractivity contribution in [2.24, 2.45) is 0 Å². The summed E-state index contributed by atoms with van der Waals surface area (Å²) < 4.78 is 29.8. The van der Waals surface area contributed by atoms with E-state index in [1.807, 2.05) is 0 Å². The van der Waals surface area contributed by atoms with Gasteiger partial charge in [-0.25, -0.2) is 8.42 Å². The van der Waals surface area contributed by atoms with Gasteiger partial charge in [0.15, 0.2) is 9.84 Å². The highest BCUT2D eigenvalue weighted by Crippen LogP contribution is 2.27. The maximum Gasteiger partial charge on any atom is 0.192 e. The van der Waals surface area contributed by atoms with Gasteiger partial charge in [0.2, 0.25) is 0 Å². The Balaban J connectivity index is 2.35. The lowest BCUT2D eigenvalue weighted by molar-refractivity contribution is 0.411. The number of anilines is 1. The van der Waals surface area contributed by atoms with E-state index in [0.29, 0.717) is 21.2 Å². The first-order valence-corrected chi connectivity index (χ1v) is 7.75. The molecule has 1 heterocycles. The number of ether oxygens (including phenoxy) is 1. The van der Waals surface area contributed by atoms with Crippen molar-refractivity contribution in [1.82, 2.24) is 0 Å². The van der Waals surface area contributed by atoms with E-state index in [9.17, 15) is 8.42 Å². The average molecular weight is 283 g/mol. The molecule has 0 aliphatic rings. The number of hydrogen-bond acceptors (Lipinski definition) is 5. The van der Waals surface area contributed by atoms with Crippen LogP contribution in [0.15, 0.2) is 39.9 Å². The molecule has 0 amide bonds. The number of thiophene rings is 1. The minimum Gasteiger partial charge on any atom is -0.496 e. The van der Waals surface area contributed by atoms with Crippen LogP contribution in [0.1, 0.15) is 5.56 Å². The highest BCUT2D eigenvalue weighted by molar-refractivity contribution is 7.92. The first-order chi connectivity index (χ1) is 8.53. The molecule has 0 fully saturated rings. The van der Waals surface area contributed by atoms with Crippen LogP contribution in [0.3, 0.4) is 0 Å². The fraction of sp³-hybridized carbons (Fsp3) is 0.167. The maximum atomic E-state index is 12.1. The SMILES string of the molecule is COc1cc(N)ccc1CS(=O)(=O)c1cccs1. The fourth-order valence-corrected chi connectivity index (χ4v) is 4.05. The summed E-state index contributed by atoms with van der Waals surface area (Å²) in [5.74, 6) is 0.409. The van der Waals surface area contributed by atoms with Crippen LogP contribution >= 0.6 is 11.3 Å². The third kappa shape index (κ3) is 2.65. The van der Waals surface area contributed by atoms with Gasteiger partial charge < -0.3 is 10.5 Å². The average Bonchev–Trinajstić information content (AvgIpc) is 2.85. The van der Waals surface area contributed by atoms with Crippen LogP contribution < -0.4 is 10.5 Å². The normalized spacial score (nSPS) is 11.4. The third-order valence-electron chi connectivity index (χ3n) is 2.46. The largest absolute Gasteiger partial charge is 0.496 e. The number of sulfone groups is 1. The fourth-order valence-electron chi connectivity index (χ4n) is 1.60. The molecule has 96 valence electrons. The summed E-state index contributed by atoms with van der Waals surface area (Å²) in [6.07, 6.45) is 0. The van der Waals surface area contributed by atoms with Crippen LogP contribution in [-0.4, -0.2) is 15.5 Å². The van der Waals surface area contributed by atoms with E-state index >= 15 is 0 Å². The number of hydrogen-bond donors (Lipinski definition) is 1. The number of benzene rings is 1. The second-order valence-corrected chi connectivity index (χ2v) is 6.93. The molecule has 0 saturated heterocycles. The zero-order valence-electron chi connectivity index (χ0n) is 9.79. The Morgan fingerprint density at radius 2 is 2.11 bits per heavy atom. The van der Waals surface area contributed by atoms with Crippen LogP contribution in [0.25, 0.3) is 0 Å². The Morgan fingerprint density at radius 1 is 1.33 bits per heavy atom. The Hall–Kier alpha value is -1.53.